The highest BCUT2D eigenvalue weighted by atomic mass is 19.4. The number of amides is 1. The first kappa shape index (κ1) is 18.6. The highest BCUT2D eigenvalue weighted by molar-refractivity contribution is 5.96. The molecule has 4 nitrogen and oxygen atoms in total. The van der Waals surface area contributed by atoms with Gasteiger partial charge >= 0.3 is 6.18 Å². The maximum atomic E-state index is 12.2. The summed E-state index contributed by atoms with van der Waals surface area (Å²) in [6, 6.07) is 12.8. The number of aryl methyl sites for hydroxylation is 1. The van der Waals surface area contributed by atoms with E-state index in [0.29, 0.717) is 11.4 Å². The van der Waals surface area contributed by atoms with E-state index in [0.717, 1.165) is 5.56 Å². The second kappa shape index (κ2) is 7.92. The molecule has 2 aromatic rings. The summed E-state index contributed by atoms with van der Waals surface area (Å²) in [4.78, 5) is 12.2. The van der Waals surface area contributed by atoms with Gasteiger partial charge in [0.15, 0.2) is 6.61 Å². The summed E-state index contributed by atoms with van der Waals surface area (Å²) in [5, 5.41) is 5.77. The number of carbonyl (C=O) groups is 1. The van der Waals surface area contributed by atoms with Crippen LogP contribution in [0.1, 0.15) is 12.5 Å². The fourth-order valence-electron chi connectivity index (χ4n) is 2.02. The first-order valence-electron chi connectivity index (χ1n) is 7.66. The highest BCUT2D eigenvalue weighted by Gasteiger charge is 2.28. The minimum atomic E-state index is -4.38. The van der Waals surface area contributed by atoms with E-state index in [-0.39, 0.29) is 11.7 Å². The van der Waals surface area contributed by atoms with Crippen LogP contribution in [0.3, 0.4) is 0 Å². The number of halogens is 3. The van der Waals surface area contributed by atoms with Gasteiger partial charge in [-0.25, -0.2) is 0 Å². The molecule has 7 heteroatoms. The van der Waals surface area contributed by atoms with Crippen LogP contribution in [0.5, 0.6) is 5.75 Å². The van der Waals surface area contributed by atoms with Crippen LogP contribution in [0.15, 0.2) is 48.5 Å². The van der Waals surface area contributed by atoms with Gasteiger partial charge < -0.3 is 15.4 Å². The molecule has 0 fully saturated rings. The molecule has 1 unspecified atom stereocenters. The molecule has 0 saturated carbocycles. The minimum absolute atomic E-state index is 0.111. The Hall–Kier alpha value is -2.70. The van der Waals surface area contributed by atoms with Crippen molar-refractivity contribution in [3.8, 4) is 5.75 Å². The summed E-state index contributed by atoms with van der Waals surface area (Å²) in [6.45, 7) is 2.31. The quantitative estimate of drug-likeness (QED) is 0.811. The molecular formula is C18H19F3N2O2. The lowest BCUT2D eigenvalue weighted by Crippen LogP contribution is -2.31. The van der Waals surface area contributed by atoms with Crippen LogP contribution in [0, 0.1) is 6.92 Å². The molecule has 2 aromatic carbocycles. The predicted molar refractivity (Wildman–Crippen MR) is 90.9 cm³/mol. The fraction of sp³-hybridized carbons (Fsp3) is 0.278. The minimum Gasteiger partial charge on any atom is -0.484 e. The van der Waals surface area contributed by atoms with Gasteiger partial charge in [0.25, 0.3) is 0 Å². The standard InChI is InChI=1S/C18H19F3N2O2/c1-12-3-5-15(6-4-12)23-17(24)13(2)22-14-7-9-16(10-8-14)25-11-18(19,20)21/h3-10,13,22H,11H2,1-2H3,(H,23,24). The Bertz CT molecular complexity index is 698. The van der Waals surface area contributed by atoms with E-state index in [1.807, 2.05) is 31.2 Å². The summed E-state index contributed by atoms with van der Waals surface area (Å²) in [5.74, 6) is -0.110. The Kier molecular flexibility index (Phi) is 5.90. The van der Waals surface area contributed by atoms with Crippen molar-refractivity contribution in [2.45, 2.75) is 26.1 Å². The van der Waals surface area contributed by atoms with Crippen molar-refractivity contribution in [1.29, 1.82) is 0 Å². The third-order valence-corrected chi connectivity index (χ3v) is 3.35. The topological polar surface area (TPSA) is 50.4 Å². The van der Waals surface area contributed by atoms with Crippen molar-refractivity contribution in [2.24, 2.45) is 0 Å². The summed E-state index contributed by atoms with van der Waals surface area (Å²) in [7, 11) is 0. The van der Waals surface area contributed by atoms with Gasteiger partial charge in [0.2, 0.25) is 5.91 Å². The molecule has 0 heterocycles. The molecule has 1 atom stereocenters. The van der Waals surface area contributed by atoms with E-state index in [2.05, 4.69) is 15.4 Å². The molecule has 134 valence electrons. The lowest BCUT2D eigenvalue weighted by molar-refractivity contribution is -0.153. The van der Waals surface area contributed by atoms with Gasteiger partial charge in [-0.15, -0.1) is 0 Å². The van der Waals surface area contributed by atoms with Gasteiger partial charge in [0.1, 0.15) is 11.8 Å². The van der Waals surface area contributed by atoms with Crippen LogP contribution >= 0.6 is 0 Å². The van der Waals surface area contributed by atoms with E-state index in [4.69, 9.17) is 0 Å². The lowest BCUT2D eigenvalue weighted by Gasteiger charge is -2.16. The van der Waals surface area contributed by atoms with Gasteiger partial charge in [0, 0.05) is 11.4 Å². The Morgan fingerprint density at radius 1 is 1.04 bits per heavy atom. The normalized spacial score (nSPS) is 12.4. The Balaban J connectivity index is 1.87. The van der Waals surface area contributed by atoms with Crippen molar-refractivity contribution in [3.63, 3.8) is 0 Å². The molecule has 0 bridgehead atoms. The van der Waals surface area contributed by atoms with Crippen LogP contribution in [0.4, 0.5) is 24.5 Å². The summed E-state index contributed by atoms with van der Waals surface area (Å²) < 4.78 is 40.9. The summed E-state index contributed by atoms with van der Waals surface area (Å²) in [5.41, 5.74) is 2.39. The molecule has 0 radical (unpaired) electrons. The van der Waals surface area contributed by atoms with Crippen LogP contribution in [0.2, 0.25) is 0 Å². The van der Waals surface area contributed by atoms with Gasteiger partial charge in [-0.3, -0.25) is 4.79 Å². The Morgan fingerprint density at radius 3 is 2.16 bits per heavy atom. The molecule has 2 rings (SSSR count). The molecule has 25 heavy (non-hydrogen) atoms. The molecule has 0 aliphatic heterocycles. The van der Waals surface area contributed by atoms with Crippen LogP contribution in [-0.4, -0.2) is 24.7 Å². The summed E-state index contributed by atoms with van der Waals surface area (Å²) in [6.07, 6.45) is -4.38. The molecule has 0 saturated heterocycles. The Labute approximate surface area is 144 Å². The first-order chi connectivity index (χ1) is 11.7. The zero-order valence-corrected chi connectivity index (χ0v) is 13.9. The number of hydrogen-bond donors (Lipinski definition) is 2. The van der Waals surface area contributed by atoms with E-state index in [1.165, 1.54) is 12.1 Å². The van der Waals surface area contributed by atoms with Gasteiger partial charge in [0.05, 0.1) is 0 Å². The third-order valence-electron chi connectivity index (χ3n) is 3.35. The second-order valence-electron chi connectivity index (χ2n) is 5.65. The summed E-state index contributed by atoms with van der Waals surface area (Å²) >= 11 is 0. The largest absolute Gasteiger partial charge is 0.484 e. The average molecular weight is 352 g/mol. The maximum absolute atomic E-state index is 12.2. The van der Waals surface area contributed by atoms with Crippen LogP contribution < -0.4 is 15.4 Å². The van der Waals surface area contributed by atoms with Crippen LogP contribution in [-0.2, 0) is 4.79 Å². The zero-order valence-electron chi connectivity index (χ0n) is 13.9. The number of nitrogens with one attached hydrogen (secondary N) is 2. The molecule has 2 N–H and O–H groups in total. The molecule has 1 amide bonds. The number of carbonyl (C=O) groups excluding carboxylic acids is 1. The van der Waals surface area contributed by atoms with Crippen molar-refractivity contribution in [2.75, 3.05) is 17.2 Å². The van der Waals surface area contributed by atoms with Crippen LogP contribution in [0.25, 0.3) is 0 Å². The SMILES string of the molecule is Cc1ccc(NC(=O)C(C)Nc2ccc(OCC(F)(F)F)cc2)cc1. The fourth-order valence-corrected chi connectivity index (χ4v) is 2.02. The lowest BCUT2D eigenvalue weighted by atomic mass is 10.2. The number of hydrogen-bond acceptors (Lipinski definition) is 3. The number of benzene rings is 2. The van der Waals surface area contributed by atoms with Crippen molar-refractivity contribution >= 4 is 17.3 Å². The smallest absolute Gasteiger partial charge is 0.422 e. The number of alkyl halides is 3. The zero-order chi connectivity index (χ0) is 18.4. The monoisotopic (exact) mass is 352 g/mol. The molecular weight excluding hydrogens is 333 g/mol. The van der Waals surface area contributed by atoms with Crippen molar-refractivity contribution < 1.29 is 22.7 Å². The predicted octanol–water partition coefficient (Wildman–Crippen LogP) is 4.38. The number of anilines is 2. The molecule has 0 aliphatic rings. The van der Waals surface area contributed by atoms with E-state index in [1.54, 1.807) is 19.1 Å². The van der Waals surface area contributed by atoms with Gasteiger partial charge in [-0.05, 0) is 50.2 Å². The number of ether oxygens (including phenoxy) is 1. The van der Waals surface area contributed by atoms with E-state index in [9.17, 15) is 18.0 Å². The molecule has 0 spiro atoms. The van der Waals surface area contributed by atoms with E-state index >= 15 is 0 Å². The average Bonchev–Trinajstić information content (AvgIpc) is 2.55. The van der Waals surface area contributed by atoms with Crippen molar-refractivity contribution in [3.05, 3.63) is 54.1 Å². The third kappa shape index (κ3) is 6.37. The van der Waals surface area contributed by atoms with Crippen molar-refractivity contribution in [1.82, 2.24) is 0 Å². The number of rotatable bonds is 6. The first-order valence-corrected chi connectivity index (χ1v) is 7.66. The molecule has 0 aliphatic carbocycles. The highest BCUT2D eigenvalue weighted by Crippen LogP contribution is 2.20. The van der Waals surface area contributed by atoms with Gasteiger partial charge in [-0.1, -0.05) is 17.7 Å². The Morgan fingerprint density at radius 2 is 1.60 bits per heavy atom. The van der Waals surface area contributed by atoms with E-state index < -0.39 is 18.8 Å². The second-order valence-corrected chi connectivity index (χ2v) is 5.65. The van der Waals surface area contributed by atoms with Gasteiger partial charge in [-0.2, -0.15) is 13.2 Å². The maximum Gasteiger partial charge on any atom is 0.422 e. The molecule has 0 aromatic heterocycles.